The van der Waals surface area contributed by atoms with Gasteiger partial charge in [-0.15, -0.1) is 11.8 Å². The van der Waals surface area contributed by atoms with Crippen LogP contribution >= 0.6 is 11.8 Å². The second kappa shape index (κ2) is 13.7. The number of nitrogens with zero attached hydrogens (tertiary/aromatic N) is 3. The predicted octanol–water partition coefficient (Wildman–Crippen LogP) is -2.66. The number of nitrogens with one attached hydrogen (secondary N) is 4. The summed E-state index contributed by atoms with van der Waals surface area (Å²) in [5.41, 5.74) is -6.60. The Bertz CT molecular complexity index is 1880. The Balaban J connectivity index is 1.49. The summed E-state index contributed by atoms with van der Waals surface area (Å²) in [5.74, 6) is -7.96. The molecule has 0 bridgehead atoms. The smallest absolute Gasteiger partial charge is 0.355 e. The maximum Gasteiger partial charge on any atom is 0.355 e. The summed E-state index contributed by atoms with van der Waals surface area (Å²) >= 11 is 0.881. The number of likely N-dealkylation sites (N-methyl/N-ethyl adjacent to an activating group) is 1. The molecule has 19 nitrogen and oxygen atoms in total. The Morgan fingerprint density at radius 3 is 2.44 bits per heavy atom. The highest BCUT2D eigenvalue weighted by atomic mass is 32.2. The summed E-state index contributed by atoms with van der Waals surface area (Å²) < 4.78 is 5.16. The fourth-order valence-corrected chi connectivity index (χ4v) is 7.29. The number of H-pyrrole nitrogens is 1. The maximum absolute atomic E-state index is 14.5. The Hall–Kier alpha value is -6.18. The van der Waals surface area contributed by atoms with Gasteiger partial charge in [-0.1, -0.05) is 30.3 Å². The van der Waals surface area contributed by atoms with Crippen LogP contribution in [0.5, 0.6) is 5.75 Å². The number of hydrogen-bond acceptors (Lipinski definition) is 12. The Morgan fingerprint density at radius 1 is 1.10 bits per heavy atom. The second-order valence-corrected chi connectivity index (χ2v) is 12.0. The Labute approximate surface area is 285 Å². The number of carboxylic acid groups (broad SMARTS) is 1. The van der Waals surface area contributed by atoms with Crippen molar-refractivity contribution in [3.05, 3.63) is 75.3 Å². The predicted molar refractivity (Wildman–Crippen MR) is 168 cm³/mol. The van der Waals surface area contributed by atoms with E-state index in [4.69, 9.17) is 4.74 Å². The molecule has 1 aromatic carbocycles. The van der Waals surface area contributed by atoms with E-state index >= 15 is 0 Å². The van der Waals surface area contributed by atoms with Gasteiger partial charge in [0, 0.05) is 48.8 Å². The Kier molecular flexibility index (Phi) is 9.66. The van der Waals surface area contributed by atoms with Crippen molar-refractivity contribution in [2.24, 2.45) is 0 Å². The van der Waals surface area contributed by atoms with Crippen LogP contribution in [0.15, 0.2) is 58.7 Å². The van der Waals surface area contributed by atoms with Crippen LogP contribution in [-0.2, 0) is 44.0 Å². The van der Waals surface area contributed by atoms with Gasteiger partial charge in [0.1, 0.15) is 23.4 Å². The van der Waals surface area contributed by atoms with E-state index in [9.17, 15) is 53.4 Å². The monoisotopic (exact) mass is 711 g/mol. The van der Waals surface area contributed by atoms with E-state index in [1.165, 1.54) is 29.2 Å². The number of piperazine rings is 1. The molecule has 262 valence electrons. The minimum absolute atomic E-state index is 0.00463. The summed E-state index contributed by atoms with van der Waals surface area (Å²) in [4.78, 5) is 121. The fourth-order valence-electron chi connectivity index (χ4n) is 5.89. The van der Waals surface area contributed by atoms with E-state index in [2.05, 4.69) is 20.9 Å². The highest BCUT2D eigenvalue weighted by Crippen LogP contribution is 2.45. The topological polar surface area (TPSA) is 265 Å². The molecule has 0 saturated carbocycles. The summed E-state index contributed by atoms with van der Waals surface area (Å²) in [5, 5.41) is 25.2. The van der Waals surface area contributed by atoms with Gasteiger partial charge in [-0.25, -0.2) is 9.59 Å². The SMILES string of the molecule is CCN1CCN([C@@](NC=O)(C(=O)N[C@]2(NC=O)C(=O)N3C(C(=O)O)=C(COC(=O)c4cc(=O)c(O)c[nH]4)CS[C@@H]32)c2ccccc2)C(=O)C1=O. The van der Waals surface area contributed by atoms with E-state index in [-0.39, 0.29) is 55.0 Å². The van der Waals surface area contributed by atoms with Crippen LogP contribution in [0.2, 0.25) is 0 Å². The van der Waals surface area contributed by atoms with Crippen molar-refractivity contribution in [2.75, 3.05) is 32.0 Å². The lowest BCUT2D eigenvalue weighted by molar-refractivity contribution is -0.171. The van der Waals surface area contributed by atoms with Gasteiger partial charge < -0.3 is 40.8 Å². The molecule has 6 N–H and O–H groups in total. The zero-order chi connectivity index (χ0) is 36.4. The van der Waals surface area contributed by atoms with E-state index in [0.29, 0.717) is 0 Å². The quantitative estimate of drug-likeness (QED) is 0.0408. The molecule has 5 rings (SSSR count). The third kappa shape index (κ3) is 5.67. The molecule has 3 aliphatic rings. The van der Waals surface area contributed by atoms with Crippen LogP contribution in [0.1, 0.15) is 23.0 Å². The molecule has 2 aromatic rings. The van der Waals surface area contributed by atoms with Crippen molar-refractivity contribution in [3.8, 4) is 5.75 Å². The number of thioether (sulfide) groups is 1. The number of aromatic nitrogens is 1. The van der Waals surface area contributed by atoms with Crippen LogP contribution in [0.3, 0.4) is 0 Å². The minimum atomic E-state index is -2.42. The molecule has 4 heterocycles. The van der Waals surface area contributed by atoms with Crippen molar-refractivity contribution in [1.82, 2.24) is 35.6 Å². The van der Waals surface area contributed by atoms with Gasteiger partial charge in [0.15, 0.2) is 5.75 Å². The van der Waals surface area contributed by atoms with Gasteiger partial charge in [0.25, 0.3) is 11.8 Å². The number of amides is 6. The average Bonchev–Trinajstić information content (AvgIpc) is 3.11. The number of rotatable bonds is 13. The number of aromatic amines is 1. The number of β-lactam (4-membered cyclic amide) rings is 1. The van der Waals surface area contributed by atoms with E-state index < -0.39 is 75.7 Å². The van der Waals surface area contributed by atoms with Crippen LogP contribution in [-0.4, -0.2) is 121 Å². The molecule has 6 amide bonds. The lowest BCUT2D eigenvalue weighted by Gasteiger charge is -2.57. The van der Waals surface area contributed by atoms with Crippen LogP contribution < -0.4 is 21.4 Å². The van der Waals surface area contributed by atoms with E-state index in [1.807, 2.05) is 0 Å². The normalized spacial score (nSPS) is 21.3. The maximum atomic E-state index is 14.5. The second-order valence-electron chi connectivity index (χ2n) is 11.0. The highest BCUT2D eigenvalue weighted by Gasteiger charge is 2.67. The number of aliphatic carboxylic acids is 1. The standard InChI is InChI=1S/C30H29N7O12S/c1-2-35-8-9-36(23(43)22(35)42)30(33-15-39,17-6-4-3-5-7-17)26(47)34-29(32-14-38)27(48)37-21(24(44)45)16(13-50-28(29)37)12-49-25(46)18-10-19(40)20(41)11-31-18/h3-7,10-11,14-15,28,41H,2,8-9,12-13H2,1H3,(H,31,40)(H,32,38)(H,33,39)(H,34,47)(H,44,45)/t28-,29-,30-/m1/s1. The number of pyridine rings is 1. The summed E-state index contributed by atoms with van der Waals surface area (Å²) in [6.45, 7) is 0.971. The Morgan fingerprint density at radius 2 is 1.82 bits per heavy atom. The fraction of sp³-hybridized carbons (Fsp3) is 0.300. The number of fused-ring (bicyclic) bond motifs is 1. The van der Waals surface area contributed by atoms with Crippen molar-refractivity contribution < 1.29 is 53.3 Å². The number of benzene rings is 1. The number of ether oxygens (including phenoxy) is 1. The molecule has 0 aliphatic carbocycles. The molecule has 2 fully saturated rings. The molecule has 2 saturated heterocycles. The lowest BCUT2D eigenvalue weighted by atomic mass is 9.90. The first-order valence-corrected chi connectivity index (χ1v) is 15.8. The van der Waals surface area contributed by atoms with Crippen molar-refractivity contribution in [3.63, 3.8) is 0 Å². The molecular weight excluding hydrogens is 682 g/mol. The van der Waals surface area contributed by atoms with E-state index in [1.54, 1.807) is 13.0 Å². The molecular formula is C30H29N7O12S. The third-order valence-corrected chi connectivity index (χ3v) is 9.72. The number of hydrogen-bond donors (Lipinski definition) is 6. The number of carboxylic acids is 1. The third-order valence-electron chi connectivity index (χ3n) is 8.33. The minimum Gasteiger partial charge on any atom is -0.503 e. The lowest BCUT2D eigenvalue weighted by Crippen LogP contribution is -2.87. The zero-order valence-electron chi connectivity index (χ0n) is 26.0. The van der Waals surface area contributed by atoms with Gasteiger partial charge >= 0.3 is 23.8 Å². The first-order valence-electron chi connectivity index (χ1n) is 14.8. The summed E-state index contributed by atoms with van der Waals surface area (Å²) in [6.07, 6.45) is 1.10. The molecule has 20 heteroatoms. The van der Waals surface area contributed by atoms with Gasteiger partial charge in [-0.05, 0) is 6.92 Å². The van der Waals surface area contributed by atoms with Gasteiger partial charge in [-0.2, -0.15) is 0 Å². The average molecular weight is 712 g/mol. The van der Waals surface area contributed by atoms with Crippen LogP contribution in [0.4, 0.5) is 0 Å². The van der Waals surface area contributed by atoms with Crippen molar-refractivity contribution in [1.29, 1.82) is 0 Å². The first-order chi connectivity index (χ1) is 23.9. The molecule has 3 atom stereocenters. The first kappa shape index (κ1) is 35.1. The van der Waals surface area contributed by atoms with Gasteiger partial charge in [-0.3, -0.25) is 43.4 Å². The summed E-state index contributed by atoms with van der Waals surface area (Å²) in [7, 11) is 0. The highest BCUT2D eigenvalue weighted by molar-refractivity contribution is 8.00. The number of aromatic hydroxyl groups is 1. The molecule has 3 aliphatic heterocycles. The number of carbonyl (C=O) groups excluding carboxylic acids is 7. The number of esters is 1. The molecule has 0 radical (unpaired) electrons. The molecule has 50 heavy (non-hydrogen) atoms. The van der Waals surface area contributed by atoms with Crippen LogP contribution in [0.25, 0.3) is 0 Å². The van der Waals surface area contributed by atoms with Gasteiger partial charge in [0.2, 0.25) is 29.6 Å². The molecule has 0 spiro atoms. The van der Waals surface area contributed by atoms with Crippen molar-refractivity contribution in [2.45, 2.75) is 23.6 Å². The zero-order valence-corrected chi connectivity index (χ0v) is 26.9. The summed E-state index contributed by atoms with van der Waals surface area (Å²) in [6, 6.07) is 8.17. The molecule has 0 unspecified atom stereocenters. The van der Waals surface area contributed by atoms with Crippen LogP contribution in [0, 0.1) is 0 Å². The van der Waals surface area contributed by atoms with E-state index in [0.717, 1.165) is 33.8 Å². The van der Waals surface area contributed by atoms with Gasteiger partial charge in [0.05, 0.1) is 0 Å². The molecule has 1 aromatic heterocycles. The largest absolute Gasteiger partial charge is 0.503 e. The number of carbonyl (C=O) groups is 8. The van der Waals surface area contributed by atoms with Crippen molar-refractivity contribution >= 4 is 60.1 Å².